The van der Waals surface area contributed by atoms with E-state index in [0.717, 1.165) is 11.3 Å². The Bertz CT molecular complexity index is 938. The maximum Gasteiger partial charge on any atom is 0.271 e. The summed E-state index contributed by atoms with van der Waals surface area (Å²) in [6.07, 6.45) is 1.26. The number of hydrogen-bond donors (Lipinski definition) is 3. The van der Waals surface area contributed by atoms with Crippen molar-refractivity contribution < 1.29 is 19.7 Å². The van der Waals surface area contributed by atoms with Crippen LogP contribution in [0, 0.1) is 0 Å². The minimum atomic E-state index is -0.388. The van der Waals surface area contributed by atoms with Gasteiger partial charge in [-0.05, 0) is 42.0 Å². The smallest absolute Gasteiger partial charge is 0.271 e. The molecule has 0 unspecified atom stereocenters. The van der Waals surface area contributed by atoms with Gasteiger partial charge < -0.3 is 14.9 Å². The zero-order valence-corrected chi connectivity index (χ0v) is 14.4. The third kappa shape index (κ3) is 4.85. The van der Waals surface area contributed by atoms with Crippen LogP contribution in [-0.2, 0) is 6.61 Å². The summed E-state index contributed by atoms with van der Waals surface area (Å²) in [5.74, 6) is -0.151. The van der Waals surface area contributed by atoms with E-state index in [0.29, 0.717) is 17.7 Å². The SMILES string of the molecule is O=C(N/N=C/c1cccc(O)c1O)c1ccc(COc2ccccc2)cc1. The Labute approximate surface area is 156 Å². The van der Waals surface area contributed by atoms with Crippen LogP contribution in [0.1, 0.15) is 21.5 Å². The van der Waals surface area contributed by atoms with Crippen LogP contribution in [0.3, 0.4) is 0 Å². The lowest BCUT2D eigenvalue weighted by Gasteiger charge is -2.07. The van der Waals surface area contributed by atoms with Crippen LogP contribution in [0.4, 0.5) is 0 Å². The third-order valence-corrected chi connectivity index (χ3v) is 3.78. The molecule has 136 valence electrons. The van der Waals surface area contributed by atoms with Gasteiger partial charge in [0.15, 0.2) is 11.5 Å². The second kappa shape index (κ2) is 8.53. The molecule has 0 atom stereocenters. The number of aromatic hydroxyl groups is 2. The Morgan fingerprint density at radius 1 is 0.963 bits per heavy atom. The zero-order valence-electron chi connectivity index (χ0n) is 14.4. The minimum absolute atomic E-state index is 0.251. The molecule has 27 heavy (non-hydrogen) atoms. The third-order valence-electron chi connectivity index (χ3n) is 3.78. The molecule has 1 amide bonds. The van der Waals surface area contributed by atoms with Gasteiger partial charge in [-0.2, -0.15) is 5.10 Å². The predicted octanol–water partition coefficient (Wildman–Crippen LogP) is 3.44. The largest absolute Gasteiger partial charge is 0.504 e. The summed E-state index contributed by atoms with van der Waals surface area (Å²) in [4.78, 5) is 12.1. The van der Waals surface area contributed by atoms with E-state index in [2.05, 4.69) is 10.5 Å². The normalized spacial score (nSPS) is 10.7. The first kappa shape index (κ1) is 18.0. The Morgan fingerprint density at radius 3 is 2.44 bits per heavy atom. The highest BCUT2D eigenvalue weighted by Gasteiger charge is 2.06. The van der Waals surface area contributed by atoms with Gasteiger partial charge in [-0.15, -0.1) is 0 Å². The van der Waals surface area contributed by atoms with Gasteiger partial charge in [0, 0.05) is 11.1 Å². The van der Waals surface area contributed by atoms with Gasteiger partial charge in [-0.3, -0.25) is 4.79 Å². The van der Waals surface area contributed by atoms with Crippen molar-refractivity contribution in [1.82, 2.24) is 5.43 Å². The van der Waals surface area contributed by atoms with Crippen LogP contribution >= 0.6 is 0 Å². The van der Waals surface area contributed by atoms with Gasteiger partial charge in [0.05, 0.1) is 6.21 Å². The minimum Gasteiger partial charge on any atom is -0.504 e. The molecule has 6 nitrogen and oxygen atoms in total. The molecule has 0 saturated heterocycles. The van der Waals surface area contributed by atoms with Crippen LogP contribution < -0.4 is 10.2 Å². The van der Waals surface area contributed by atoms with Crippen LogP contribution in [0.5, 0.6) is 17.2 Å². The molecule has 3 N–H and O–H groups in total. The fraction of sp³-hybridized carbons (Fsp3) is 0.0476. The van der Waals surface area contributed by atoms with E-state index < -0.39 is 0 Å². The van der Waals surface area contributed by atoms with Gasteiger partial charge >= 0.3 is 0 Å². The fourth-order valence-corrected chi connectivity index (χ4v) is 2.31. The molecule has 3 aromatic rings. The van der Waals surface area contributed by atoms with E-state index in [4.69, 9.17) is 4.74 Å². The average Bonchev–Trinajstić information content (AvgIpc) is 2.70. The van der Waals surface area contributed by atoms with Crippen LogP contribution in [0.15, 0.2) is 77.9 Å². The molecule has 0 heterocycles. The van der Waals surface area contributed by atoms with Gasteiger partial charge in [-0.25, -0.2) is 5.43 Å². The molecule has 0 radical (unpaired) electrons. The summed E-state index contributed by atoms with van der Waals surface area (Å²) >= 11 is 0. The lowest BCUT2D eigenvalue weighted by Crippen LogP contribution is -2.17. The standard InChI is InChI=1S/C21H18N2O4/c24-19-8-4-5-17(20(19)25)13-22-23-21(26)16-11-9-15(10-12-16)14-27-18-6-2-1-3-7-18/h1-13,24-25H,14H2,(H,23,26)/b22-13+. The Kier molecular flexibility index (Phi) is 5.69. The highest BCUT2D eigenvalue weighted by atomic mass is 16.5. The maximum atomic E-state index is 12.1. The number of phenols is 2. The Morgan fingerprint density at radius 2 is 1.70 bits per heavy atom. The van der Waals surface area contributed by atoms with Gasteiger partial charge in [-0.1, -0.05) is 36.4 Å². The Balaban J connectivity index is 1.55. The topological polar surface area (TPSA) is 91.2 Å². The lowest BCUT2D eigenvalue weighted by molar-refractivity contribution is 0.0955. The lowest BCUT2D eigenvalue weighted by atomic mass is 10.1. The molecule has 0 saturated carbocycles. The van der Waals surface area contributed by atoms with E-state index in [1.54, 1.807) is 24.3 Å². The van der Waals surface area contributed by atoms with Crippen LogP contribution in [0.2, 0.25) is 0 Å². The van der Waals surface area contributed by atoms with Gasteiger partial charge in [0.1, 0.15) is 12.4 Å². The maximum absolute atomic E-state index is 12.1. The number of para-hydroxylation sites is 2. The first-order valence-corrected chi connectivity index (χ1v) is 8.24. The van der Waals surface area contributed by atoms with Crippen molar-refractivity contribution in [3.8, 4) is 17.2 Å². The van der Waals surface area contributed by atoms with Crippen molar-refractivity contribution in [2.45, 2.75) is 6.61 Å². The first-order chi connectivity index (χ1) is 13.1. The molecule has 0 spiro atoms. The molecule has 6 heteroatoms. The van der Waals surface area contributed by atoms with Crippen molar-refractivity contribution in [2.24, 2.45) is 5.10 Å². The van der Waals surface area contributed by atoms with Crippen molar-refractivity contribution >= 4 is 12.1 Å². The molecule has 0 aliphatic rings. The number of carbonyl (C=O) groups is 1. The Hall–Kier alpha value is -3.80. The zero-order chi connectivity index (χ0) is 19.1. The molecular weight excluding hydrogens is 344 g/mol. The summed E-state index contributed by atoms with van der Waals surface area (Å²) in [7, 11) is 0. The summed E-state index contributed by atoms with van der Waals surface area (Å²) in [5, 5.41) is 22.9. The van der Waals surface area contributed by atoms with Crippen molar-refractivity contribution in [3.05, 3.63) is 89.5 Å². The number of nitrogens with one attached hydrogen (secondary N) is 1. The number of phenolic OH excluding ortho intramolecular Hbond substituents is 2. The summed E-state index contributed by atoms with van der Waals surface area (Å²) in [6.45, 7) is 0.404. The van der Waals surface area contributed by atoms with E-state index in [1.807, 2.05) is 42.5 Å². The number of hydrogen-bond acceptors (Lipinski definition) is 5. The van der Waals surface area contributed by atoms with Crippen molar-refractivity contribution in [1.29, 1.82) is 0 Å². The number of carbonyl (C=O) groups excluding carboxylic acids is 1. The fourth-order valence-electron chi connectivity index (χ4n) is 2.31. The first-order valence-electron chi connectivity index (χ1n) is 8.24. The number of hydrazone groups is 1. The average molecular weight is 362 g/mol. The summed E-state index contributed by atoms with van der Waals surface area (Å²) in [6, 6.07) is 20.9. The number of ether oxygens (including phenoxy) is 1. The van der Waals surface area contributed by atoms with Crippen molar-refractivity contribution in [3.63, 3.8) is 0 Å². The predicted molar refractivity (Wildman–Crippen MR) is 102 cm³/mol. The van der Waals surface area contributed by atoms with Crippen LogP contribution in [0.25, 0.3) is 0 Å². The van der Waals surface area contributed by atoms with Gasteiger partial charge in [0.25, 0.3) is 5.91 Å². The van der Waals surface area contributed by atoms with E-state index in [9.17, 15) is 15.0 Å². The number of amides is 1. The number of rotatable bonds is 6. The molecule has 3 aromatic carbocycles. The molecule has 3 rings (SSSR count). The van der Waals surface area contributed by atoms with Gasteiger partial charge in [0.2, 0.25) is 0 Å². The highest BCUT2D eigenvalue weighted by Crippen LogP contribution is 2.26. The summed E-state index contributed by atoms with van der Waals surface area (Å²) in [5.41, 5.74) is 4.05. The van der Waals surface area contributed by atoms with Crippen molar-refractivity contribution in [2.75, 3.05) is 0 Å². The summed E-state index contributed by atoms with van der Waals surface area (Å²) < 4.78 is 5.66. The number of benzene rings is 3. The molecule has 0 aliphatic carbocycles. The molecular formula is C21H18N2O4. The second-order valence-corrected chi connectivity index (χ2v) is 5.71. The second-order valence-electron chi connectivity index (χ2n) is 5.71. The molecule has 0 fully saturated rings. The molecule has 0 bridgehead atoms. The monoisotopic (exact) mass is 362 g/mol. The number of nitrogens with zero attached hydrogens (tertiary/aromatic N) is 1. The van der Waals surface area contributed by atoms with E-state index >= 15 is 0 Å². The quantitative estimate of drug-likeness (QED) is 0.356. The van der Waals surface area contributed by atoms with E-state index in [1.165, 1.54) is 12.3 Å². The molecule has 0 aromatic heterocycles. The van der Waals surface area contributed by atoms with E-state index in [-0.39, 0.29) is 17.4 Å². The molecule has 0 aliphatic heterocycles. The van der Waals surface area contributed by atoms with Crippen LogP contribution in [-0.4, -0.2) is 22.3 Å². The highest BCUT2D eigenvalue weighted by molar-refractivity contribution is 5.95.